The summed E-state index contributed by atoms with van der Waals surface area (Å²) in [5.74, 6) is -1.20. The van der Waals surface area contributed by atoms with Gasteiger partial charge in [0.25, 0.3) is 0 Å². The minimum atomic E-state index is -0.737. The molecule has 20 heavy (non-hydrogen) atoms. The van der Waals surface area contributed by atoms with Gasteiger partial charge in [-0.2, -0.15) is 0 Å². The molecule has 0 aliphatic carbocycles. The molecular formula is C13H8Br2F2N2O. The van der Waals surface area contributed by atoms with Crippen LogP contribution in [0.25, 0.3) is 0 Å². The molecule has 2 aromatic rings. The Morgan fingerprint density at radius 3 is 1.65 bits per heavy atom. The minimum Gasteiger partial charge on any atom is -0.305 e. The molecule has 0 heterocycles. The van der Waals surface area contributed by atoms with Gasteiger partial charge in [-0.15, -0.1) is 0 Å². The highest BCUT2D eigenvalue weighted by molar-refractivity contribution is 9.10. The highest BCUT2D eigenvalue weighted by Crippen LogP contribution is 2.24. The van der Waals surface area contributed by atoms with Crippen LogP contribution < -0.4 is 10.6 Å². The predicted octanol–water partition coefficient (Wildman–Crippen LogP) is 5.13. The summed E-state index contributed by atoms with van der Waals surface area (Å²) in [6.45, 7) is 0. The van der Waals surface area contributed by atoms with Gasteiger partial charge >= 0.3 is 6.03 Å². The van der Waals surface area contributed by atoms with Crippen molar-refractivity contribution >= 4 is 49.3 Å². The van der Waals surface area contributed by atoms with Crippen LogP contribution in [0.2, 0.25) is 0 Å². The largest absolute Gasteiger partial charge is 0.323 e. The van der Waals surface area contributed by atoms with E-state index < -0.39 is 17.7 Å². The number of hydrogen-bond donors (Lipinski definition) is 2. The van der Waals surface area contributed by atoms with E-state index in [2.05, 4.69) is 42.5 Å². The Balaban J connectivity index is 2.13. The van der Waals surface area contributed by atoms with Gasteiger partial charge in [-0.05, 0) is 56.1 Å². The van der Waals surface area contributed by atoms with Gasteiger partial charge in [0.2, 0.25) is 0 Å². The number of anilines is 2. The van der Waals surface area contributed by atoms with Gasteiger partial charge in [-0.1, -0.05) is 12.1 Å². The zero-order valence-corrected chi connectivity index (χ0v) is 13.1. The maximum atomic E-state index is 13.7. The van der Waals surface area contributed by atoms with E-state index >= 15 is 0 Å². The molecule has 2 amide bonds. The van der Waals surface area contributed by atoms with Gasteiger partial charge in [-0.3, -0.25) is 0 Å². The molecular weight excluding hydrogens is 398 g/mol. The Morgan fingerprint density at radius 1 is 0.850 bits per heavy atom. The molecule has 0 fully saturated rings. The first-order valence-corrected chi connectivity index (χ1v) is 7.03. The van der Waals surface area contributed by atoms with E-state index in [4.69, 9.17) is 0 Å². The number of benzene rings is 2. The lowest BCUT2D eigenvalue weighted by Gasteiger charge is -2.10. The topological polar surface area (TPSA) is 41.1 Å². The monoisotopic (exact) mass is 404 g/mol. The van der Waals surface area contributed by atoms with Crippen molar-refractivity contribution in [2.75, 3.05) is 10.6 Å². The van der Waals surface area contributed by atoms with Crippen molar-refractivity contribution in [2.45, 2.75) is 0 Å². The van der Waals surface area contributed by atoms with Crippen LogP contribution in [0.15, 0.2) is 45.3 Å². The molecule has 2 N–H and O–H groups in total. The maximum absolute atomic E-state index is 13.7. The number of nitrogens with one attached hydrogen (secondary N) is 2. The van der Waals surface area contributed by atoms with Crippen LogP contribution in [0.3, 0.4) is 0 Å². The summed E-state index contributed by atoms with van der Waals surface area (Å²) in [7, 11) is 0. The Hall–Kier alpha value is -1.47. The van der Waals surface area contributed by atoms with E-state index in [1.54, 1.807) is 12.1 Å². The molecule has 2 rings (SSSR count). The number of urea groups is 1. The predicted molar refractivity (Wildman–Crippen MR) is 80.8 cm³/mol. The number of rotatable bonds is 2. The van der Waals surface area contributed by atoms with Gasteiger partial charge in [0.05, 0.1) is 20.3 Å². The molecule has 0 aliphatic rings. The smallest absolute Gasteiger partial charge is 0.305 e. The van der Waals surface area contributed by atoms with Gasteiger partial charge < -0.3 is 10.6 Å². The van der Waals surface area contributed by atoms with E-state index in [1.165, 1.54) is 24.3 Å². The van der Waals surface area contributed by atoms with E-state index in [1.807, 2.05) is 0 Å². The SMILES string of the molecule is O=C(Nc1cccc(Br)c1F)Nc1cccc(Br)c1F. The number of hydrogen-bond acceptors (Lipinski definition) is 1. The average Bonchev–Trinajstić information content (AvgIpc) is 2.40. The fraction of sp³-hybridized carbons (Fsp3) is 0. The third-order valence-corrected chi connectivity index (χ3v) is 3.62. The van der Waals surface area contributed by atoms with Gasteiger partial charge in [0.15, 0.2) is 11.6 Å². The molecule has 0 atom stereocenters. The summed E-state index contributed by atoms with van der Waals surface area (Å²) in [4.78, 5) is 11.7. The molecule has 3 nitrogen and oxygen atoms in total. The van der Waals surface area contributed by atoms with Gasteiger partial charge in [-0.25, -0.2) is 13.6 Å². The summed E-state index contributed by atoms with van der Waals surface area (Å²) in [6.07, 6.45) is 0. The molecule has 0 saturated heterocycles. The van der Waals surface area contributed by atoms with Crippen LogP contribution in [0, 0.1) is 11.6 Å². The quantitative estimate of drug-likeness (QED) is 0.714. The summed E-state index contributed by atoms with van der Waals surface area (Å²) in [5, 5.41) is 4.62. The molecule has 0 radical (unpaired) electrons. The van der Waals surface area contributed by atoms with Gasteiger partial charge in [0.1, 0.15) is 0 Å². The Bertz CT molecular complexity index is 609. The Kier molecular flexibility index (Phi) is 4.72. The molecule has 0 spiro atoms. The van der Waals surface area contributed by atoms with E-state index in [-0.39, 0.29) is 20.3 Å². The molecule has 0 aliphatic heterocycles. The fourth-order valence-corrected chi connectivity index (χ4v) is 2.21. The highest BCUT2D eigenvalue weighted by Gasteiger charge is 2.12. The van der Waals surface area contributed by atoms with Crippen LogP contribution in [-0.2, 0) is 0 Å². The normalized spacial score (nSPS) is 10.2. The van der Waals surface area contributed by atoms with Crippen molar-refractivity contribution in [3.63, 3.8) is 0 Å². The van der Waals surface area contributed by atoms with E-state index in [0.29, 0.717) is 0 Å². The molecule has 0 unspecified atom stereocenters. The van der Waals surface area contributed by atoms with E-state index in [9.17, 15) is 13.6 Å². The Morgan fingerprint density at radius 2 is 1.25 bits per heavy atom. The van der Waals surface area contributed by atoms with Crippen molar-refractivity contribution < 1.29 is 13.6 Å². The molecule has 0 bridgehead atoms. The van der Waals surface area contributed by atoms with Crippen molar-refractivity contribution in [3.05, 3.63) is 57.0 Å². The number of amides is 2. The summed E-state index contributed by atoms with van der Waals surface area (Å²) in [6, 6.07) is 8.22. The first-order chi connectivity index (χ1) is 9.49. The molecule has 2 aromatic carbocycles. The van der Waals surface area contributed by atoms with Crippen LogP contribution in [-0.4, -0.2) is 6.03 Å². The lowest BCUT2D eigenvalue weighted by atomic mass is 10.3. The van der Waals surface area contributed by atoms with Crippen molar-refractivity contribution in [1.29, 1.82) is 0 Å². The van der Waals surface area contributed by atoms with Crippen LogP contribution in [0.4, 0.5) is 25.0 Å². The molecule has 104 valence electrons. The zero-order valence-electron chi connectivity index (χ0n) is 9.88. The molecule has 7 heteroatoms. The van der Waals surface area contributed by atoms with Crippen molar-refractivity contribution in [1.82, 2.24) is 0 Å². The lowest BCUT2D eigenvalue weighted by molar-refractivity contribution is 0.262. The minimum absolute atomic E-state index is 0.00715. The second-order valence-corrected chi connectivity index (χ2v) is 5.49. The third kappa shape index (κ3) is 3.34. The summed E-state index contributed by atoms with van der Waals surface area (Å²) >= 11 is 6.02. The first-order valence-electron chi connectivity index (χ1n) is 5.45. The second-order valence-electron chi connectivity index (χ2n) is 3.78. The third-order valence-electron chi connectivity index (χ3n) is 2.40. The molecule has 0 saturated carbocycles. The Labute approximate surface area is 130 Å². The fourth-order valence-electron chi connectivity index (χ4n) is 1.48. The zero-order chi connectivity index (χ0) is 14.7. The first kappa shape index (κ1) is 14.9. The average molecular weight is 406 g/mol. The number of halogens is 4. The maximum Gasteiger partial charge on any atom is 0.323 e. The van der Waals surface area contributed by atoms with Crippen molar-refractivity contribution in [3.8, 4) is 0 Å². The number of carbonyl (C=O) groups is 1. The van der Waals surface area contributed by atoms with E-state index in [0.717, 1.165) is 0 Å². The number of carbonyl (C=O) groups excluding carboxylic acids is 1. The van der Waals surface area contributed by atoms with Crippen LogP contribution in [0.1, 0.15) is 0 Å². The second kappa shape index (κ2) is 6.32. The van der Waals surface area contributed by atoms with Crippen LogP contribution in [0.5, 0.6) is 0 Å². The summed E-state index contributed by atoms with van der Waals surface area (Å²) < 4.78 is 27.8. The van der Waals surface area contributed by atoms with Crippen molar-refractivity contribution in [2.24, 2.45) is 0 Å². The lowest BCUT2D eigenvalue weighted by Crippen LogP contribution is -2.20. The van der Waals surface area contributed by atoms with Crippen LogP contribution >= 0.6 is 31.9 Å². The highest BCUT2D eigenvalue weighted by atomic mass is 79.9. The van der Waals surface area contributed by atoms with Gasteiger partial charge in [0, 0.05) is 0 Å². The molecule has 0 aromatic heterocycles. The standard InChI is InChI=1S/C13H8Br2F2N2O/c14-7-3-1-5-9(11(7)16)18-13(20)19-10-6-2-4-8(15)12(10)17/h1-6H,(H2,18,19,20). The summed E-state index contributed by atoms with van der Waals surface area (Å²) in [5.41, 5.74) is -0.0143.